The maximum atomic E-state index is 12.2. The maximum absolute atomic E-state index is 12.2. The van der Waals surface area contributed by atoms with Gasteiger partial charge in [0.1, 0.15) is 6.10 Å². The number of esters is 1. The fourth-order valence-electron chi connectivity index (χ4n) is 5.12. The van der Waals surface area contributed by atoms with Crippen LogP contribution in [0.4, 0.5) is 0 Å². The van der Waals surface area contributed by atoms with Gasteiger partial charge < -0.3 is 14.6 Å². The van der Waals surface area contributed by atoms with E-state index >= 15 is 0 Å². The van der Waals surface area contributed by atoms with Crippen LogP contribution in [-0.2, 0) is 14.3 Å². The first-order valence-corrected chi connectivity index (χ1v) is 20.3. The van der Waals surface area contributed by atoms with Crippen LogP contribution in [0.15, 0.2) is 97.2 Å². The number of unbranched alkanes of at least 4 members (excludes halogenated alkanes) is 12. The summed E-state index contributed by atoms with van der Waals surface area (Å²) in [5.74, 6) is -0.250. The summed E-state index contributed by atoms with van der Waals surface area (Å²) in [5, 5.41) is 9.58. The van der Waals surface area contributed by atoms with Crippen molar-refractivity contribution in [2.45, 2.75) is 168 Å². The zero-order chi connectivity index (χ0) is 36.3. The topological polar surface area (TPSA) is 55.8 Å². The van der Waals surface area contributed by atoms with E-state index in [0.29, 0.717) is 13.0 Å². The van der Waals surface area contributed by atoms with Gasteiger partial charge in [0, 0.05) is 13.0 Å². The van der Waals surface area contributed by atoms with Crippen molar-refractivity contribution >= 4 is 5.97 Å². The fraction of sp³-hybridized carbons (Fsp3) is 0.630. The highest BCUT2D eigenvalue weighted by atomic mass is 16.6. The minimum atomic E-state index is -0.569. The van der Waals surface area contributed by atoms with Gasteiger partial charge in [-0.3, -0.25) is 4.79 Å². The van der Waals surface area contributed by atoms with Gasteiger partial charge in [0.05, 0.1) is 13.2 Å². The minimum Gasteiger partial charge on any atom is -0.457 e. The van der Waals surface area contributed by atoms with Crippen molar-refractivity contribution in [1.82, 2.24) is 0 Å². The average molecular weight is 693 g/mol. The second kappa shape index (κ2) is 42.5. The molecule has 0 saturated carbocycles. The molecule has 1 unspecified atom stereocenters. The number of ether oxygens (including phenoxy) is 2. The summed E-state index contributed by atoms with van der Waals surface area (Å²) in [7, 11) is 0. The minimum absolute atomic E-state index is 0.200. The Morgan fingerprint density at radius 2 is 0.900 bits per heavy atom. The number of hydrogen-bond acceptors (Lipinski definition) is 4. The number of carbonyl (C=O) groups excluding carboxylic acids is 1. The first kappa shape index (κ1) is 47.3. The average Bonchev–Trinajstić information content (AvgIpc) is 3.12. The molecule has 0 aliphatic carbocycles. The summed E-state index contributed by atoms with van der Waals surface area (Å²) in [6, 6.07) is 0. The van der Waals surface area contributed by atoms with Gasteiger partial charge in [0.2, 0.25) is 0 Å². The first-order chi connectivity index (χ1) is 24.7. The van der Waals surface area contributed by atoms with Crippen molar-refractivity contribution in [2.75, 3.05) is 19.8 Å². The molecule has 0 aromatic carbocycles. The van der Waals surface area contributed by atoms with Gasteiger partial charge in [0.25, 0.3) is 0 Å². The Labute approximate surface area is 309 Å². The lowest BCUT2D eigenvalue weighted by molar-refractivity contribution is -0.154. The van der Waals surface area contributed by atoms with Crippen LogP contribution >= 0.6 is 0 Å². The molecule has 0 fully saturated rings. The lowest BCUT2D eigenvalue weighted by atomic mass is 10.1. The van der Waals surface area contributed by atoms with Crippen molar-refractivity contribution in [1.29, 1.82) is 0 Å². The van der Waals surface area contributed by atoms with E-state index in [-0.39, 0.29) is 19.2 Å². The Morgan fingerprint density at radius 3 is 1.36 bits per heavy atom. The highest BCUT2D eigenvalue weighted by Gasteiger charge is 2.13. The van der Waals surface area contributed by atoms with Crippen molar-refractivity contribution in [3.05, 3.63) is 97.2 Å². The Bertz CT molecular complexity index is 949. The van der Waals surface area contributed by atoms with Crippen LogP contribution in [0.25, 0.3) is 0 Å². The van der Waals surface area contributed by atoms with E-state index in [1.54, 1.807) is 0 Å². The summed E-state index contributed by atoms with van der Waals surface area (Å²) >= 11 is 0. The molecule has 0 aromatic heterocycles. The third kappa shape index (κ3) is 39.7. The monoisotopic (exact) mass is 693 g/mol. The third-order valence-electron chi connectivity index (χ3n) is 8.14. The van der Waals surface area contributed by atoms with E-state index in [4.69, 9.17) is 9.47 Å². The van der Waals surface area contributed by atoms with Crippen molar-refractivity contribution in [3.63, 3.8) is 0 Å². The van der Waals surface area contributed by atoms with Crippen LogP contribution in [-0.4, -0.2) is 37.0 Å². The number of carbonyl (C=O) groups is 1. The van der Waals surface area contributed by atoms with Crippen LogP contribution in [0, 0.1) is 0 Å². The molecule has 4 nitrogen and oxygen atoms in total. The van der Waals surface area contributed by atoms with E-state index < -0.39 is 6.10 Å². The Kier molecular flexibility index (Phi) is 40.2. The molecule has 0 saturated heterocycles. The molecular weight excluding hydrogens is 617 g/mol. The normalized spacial score (nSPS) is 13.4. The molecule has 0 aliphatic heterocycles. The number of allylic oxidation sites excluding steroid dienone is 16. The molecule has 1 atom stereocenters. The van der Waals surface area contributed by atoms with Crippen molar-refractivity contribution in [3.8, 4) is 0 Å². The molecule has 0 radical (unpaired) electrons. The Balaban J connectivity index is 3.61. The summed E-state index contributed by atoms with van der Waals surface area (Å²) in [5.41, 5.74) is 0. The Hall–Kier alpha value is -2.69. The molecule has 0 amide bonds. The first-order valence-electron chi connectivity index (χ1n) is 20.3. The molecule has 1 N–H and O–H groups in total. The highest BCUT2D eigenvalue weighted by molar-refractivity contribution is 5.69. The molecule has 0 heterocycles. The molecular formula is C46H76O4. The summed E-state index contributed by atoms with van der Waals surface area (Å²) in [6.45, 7) is 5.13. The van der Waals surface area contributed by atoms with Crippen molar-refractivity contribution < 1.29 is 19.4 Å². The van der Waals surface area contributed by atoms with Crippen LogP contribution in [0.2, 0.25) is 0 Å². The molecule has 0 bridgehead atoms. The quantitative estimate of drug-likeness (QED) is 0.0403. The summed E-state index contributed by atoms with van der Waals surface area (Å²) in [4.78, 5) is 12.2. The van der Waals surface area contributed by atoms with E-state index in [1.807, 2.05) is 0 Å². The number of hydrogen-bond donors (Lipinski definition) is 1. The van der Waals surface area contributed by atoms with Gasteiger partial charge in [-0.15, -0.1) is 0 Å². The maximum Gasteiger partial charge on any atom is 0.306 e. The van der Waals surface area contributed by atoms with E-state index in [9.17, 15) is 9.90 Å². The smallest absolute Gasteiger partial charge is 0.306 e. The Morgan fingerprint density at radius 1 is 0.500 bits per heavy atom. The summed E-state index contributed by atoms with van der Waals surface area (Å²) < 4.78 is 11.1. The molecule has 0 aliphatic rings. The molecule has 0 rings (SSSR count). The molecule has 50 heavy (non-hydrogen) atoms. The number of aliphatic hydroxyl groups is 1. The van der Waals surface area contributed by atoms with E-state index in [1.165, 1.54) is 64.2 Å². The van der Waals surface area contributed by atoms with E-state index in [2.05, 4.69) is 111 Å². The van der Waals surface area contributed by atoms with Gasteiger partial charge in [-0.25, -0.2) is 0 Å². The third-order valence-corrected chi connectivity index (χ3v) is 8.14. The van der Waals surface area contributed by atoms with Crippen molar-refractivity contribution in [2.24, 2.45) is 0 Å². The second-order valence-electron chi connectivity index (χ2n) is 13.0. The molecule has 4 heteroatoms. The number of rotatable bonds is 36. The predicted octanol–water partition coefficient (Wildman–Crippen LogP) is 13.4. The van der Waals surface area contributed by atoms with Crippen LogP contribution in [0.1, 0.15) is 162 Å². The highest BCUT2D eigenvalue weighted by Crippen LogP contribution is 2.10. The van der Waals surface area contributed by atoms with Gasteiger partial charge in [-0.05, 0) is 96.3 Å². The predicted molar refractivity (Wildman–Crippen MR) is 218 cm³/mol. The zero-order valence-electron chi connectivity index (χ0n) is 32.4. The standard InChI is InChI=1S/C46H76O4/c1-3-5-7-9-11-13-15-17-19-21-22-23-24-25-27-29-31-33-35-37-39-41-46(48)50-45(43-47)44-49-42-40-38-36-34-32-30-28-26-20-18-16-14-12-10-8-6-4-2/h5,7,11,13-14,16-17,19-20,22-23,25-27,31,33,45,47H,3-4,6,8-10,12,15,18,21,24,28-30,32,34-44H2,1-2H3/b7-5-,13-11-,16-14-,19-17-,23-22-,26-20-,27-25-,33-31-. The van der Waals surface area contributed by atoms with Gasteiger partial charge in [-0.1, -0.05) is 156 Å². The fourth-order valence-corrected chi connectivity index (χ4v) is 5.12. The molecule has 0 aromatic rings. The molecule has 0 spiro atoms. The van der Waals surface area contributed by atoms with E-state index in [0.717, 1.165) is 77.0 Å². The van der Waals surface area contributed by atoms with Gasteiger partial charge in [-0.2, -0.15) is 0 Å². The lowest BCUT2D eigenvalue weighted by Crippen LogP contribution is -2.27. The van der Waals surface area contributed by atoms with Gasteiger partial charge in [0.15, 0.2) is 0 Å². The second-order valence-corrected chi connectivity index (χ2v) is 13.0. The zero-order valence-corrected chi connectivity index (χ0v) is 32.4. The summed E-state index contributed by atoms with van der Waals surface area (Å²) in [6.07, 6.45) is 60.3. The van der Waals surface area contributed by atoms with Crippen LogP contribution < -0.4 is 0 Å². The van der Waals surface area contributed by atoms with Gasteiger partial charge >= 0.3 is 5.97 Å². The largest absolute Gasteiger partial charge is 0.457 e. The number of aliphatic hydroxyl groups excluding tert-OH is 1. The lowest BCUT2D eigenvalue weighted by Gasteiger charge is -2.15. The molecule has 284 valence electrons. The van der Waals surface area contributed by atoms with Crippen LogP contribution in [0.5, 0.6) is 0 Å². The van der Waals surface area contributed by atoms with Crippen LogP contribution in [0.3, 0.4) is 0 Å². The SMILES string of the molecule is CC/C=C\C/C=C\C/C=C\C/C=C\C/C=C\C/C=C\CCCCC(=O)OC(CO)COCCCCCCCC/C=C\C/C=C\CCCCCC.